The average Bonchev–Trinajstić information content (AvgIpc) is 2.81. The summed E-state index contributed by atoms with van der Waals surface area (Å²) in [7, 11) is 0. The number of ketones is 1. The Morgan fingerprint density at radius 2 is 1.95 bits per heavy atom. The molecular formula is C14H7Cl2NO2. The van der Waals surface area contributed by atoms with Gasteiger partial charge >= 0.3 is 0 Å². The van der Waals surface area contributed by atoms with Crippen LogP contribution in [-0.4, -0.2) is 10.8 Å². The highest BCUT2D eigenvalue weighted by atomic mass is 35.5. The molecule has 0 radical (unpaired) electrons. The van der Waals surface area contributed by atoms with E-state index in [0.717, 1.165) is 5.39 Å². The Kier molecular flexibility index (Phi) is 3.01. The standard InChI is InChI=1S/C14H7Cl2NO2/c15-10-2-3-11-9(5-10)6-12(19-11)14(18)8-1-4-13(16)17-7-8/h1-7H. The first-order chi connectivity index (χ1) is 9.13. The second-order valence-electron chi connectivity index (χ2n) is 3.99. The van der Waals surface area contributed by atoms with Crippen LogP contribution >= 0.6 is 23.2 Å². The summed E-state index contributed by atoms with van der Waals surface area (Å²) in [5.41, 5.74) is 1.05. The van der Waals surface area contributed by atoms with E-state index in [0.29, 0.717) is 21.3 Å². The Balaban J connectivity index is 2.04. The Labute approximate surface area is 118 Å². The summed E-state index contributed by atoms with van der Waals surface area (Å²) in [5, 5.41) is 1.73. The largest absolute Gasteiger partial charge is 0.453 e. The van der Waals surface area contributed by atoms with Gasteiger partial charge in [0.05, 0.1) is 0 Å². The topological polar surface area (TPSA) is 43.1 Å². The Morgan fingerprint density at radius 1 is 1.11 bits per heavy atom. The molecule has 2 heterocycles. The second-order valence-corrected chi connectivity index (χ2v) is 4.82. The molecule has 0 spiro atoms. The van der Waals surface area contributed by atoms with E-state index < -0.39 is 0 Å². The lowest BCUT2D eigenvalue weighted by Gasteiger charge is -1.96. The molecule has 0 aliphatic rings. The fourth-order valence-electron chi connectivity index (χ4n) is 1.78. The van der Waals surface area contributed by atoms with Crippen molar-refractivity contribution in [2.24, 2.45) is 0 Å². The highest BCUT2D eigenvalue weighted by Gasteiger charge is 2.15. The van der Waals surface area contributed by atoms with E-state index in [1.54, 1.807) is 36.4 Å². The first-order valence-corrected chi connectivity index (χ1v) is 6.24. The van der Waals surface area contributed by atoms with Crippen LogP contribution < -0.4 is 0 Å². The first-order valence-electron chi connectivity index (χ1n) is 5.49. The lowest BCUT2D eigenvalue weighted by Crippen LogP contribution is -1.99. The highest BCUT2D eigenvalue weighted by Crippen LogP contribution is 2.24. The van der Waals surface area contributed by atoms with E-state index in [1.165, 1.54) is 6.20 Å². The van der Waals surface area contributed by atoms with E-state index in [-0.39, 0.29) is 11.5 Å². The monoisotopic (exact) mass is 291 g/mol. The molecule has 0 bridgehead atoms. The van der Waals surface area contributed by atoms with Crippen molar-refractivity contribution >= 4 is 40.0 Å². The third-order valence-corrected chi connectivity index (χ3v) is 3.15. The molecule has 19 heavy (non-hydrogen) atoms. The predicted octanol–water partition coefficient (Wildman–Crippen LogP) is 4.37. The molecule has 0 saturated heterocycles. The Bertz CT molecular complexity index is 763. The van der Waals surface area contributed by atoms with Gasteiger partial charge in [-0.1, -0.05) is 23.2 Å². The SMILES string of the molecule is O=C(c1ccc(Cl)nc1)c1cc2cc(Cl)ccc2o1. The number of carbonyl (C=O) groups excluding carboxylic acids is 1. The third kappa shape index (κ3) is 2.35. The molecule has 0 aliphatic carbocycles. The van der Waals surface area contributed by atoms with Crippen LogP contribution in [0.15, 0.2) is 47.0 Å². The smallest absolute Gasteiger partial charge is 0.229 e. The normalized spacial score (nSPS) is 10.8. The molecule has 0 atom stereocenters. The minimum absolute atomic E-state index is 0.239. The number of halogens is 2. The number of pyridine rings is 1. The highest BCUT2D eigenvalue weighted by molar-refractivity contribution is 6.31. The van der Waals surface area contributed by atoms with Crippen molar-refractivity contribution in [2.75, 3.05) is 0 Å². The number of hydrogen-bond donors (Lipinski definition) is 0. The minimum atomic E-state index is -0.239. The van der Waals surface area contributed by atoms with Crippen LogP contribution in [0.2, 0.25) is 10.2 Å². The van der Waals surface area contributed by atoms with Gasteiger partial charge in [-0.3, -0.25) is 4.79 Å². The molecule has 94 valence electrons. The number of fused-ring (bicyclic) bond motifs is 1. The van der Waals surface area contributed by atoms with Crippen molar-refractivity contribution < 1.29 is 9.21 Å². The van der Waals surface area contributed by atoms with Crippen LogP contribution in [0.3, 0.4) is 0 Å². The molecule has 0 N–H and O–H groups in total. The summed E-state index contributed by atoms with van der Waals surface area (Å²) in [6.07, 6.45) is 1.42. The van der Waals surface area contributed by atoms with Gasteiger partial charge in [-0.05, 0) is 36.4 Å². The summed E-state index contributed by atoms with van der Waals surface area (Å²) >= 11 is 11.6. The van der Waals surface area contributed by atoms with Crippen molar-refractivity contribution in [2.45, 2.75) is 0 Å². The molecule has 5 heteroatoms. The maximum absolute atomic E-state index is 12.2. The van der Waals surface area contributed by atoms with Gasteiger partial charge in [0.1, 0.15) is 10.7 Å². The van der Waals surface area contributed by atoms with E-state index >= 15 is 0 Å². The number of hydrogen-bond acceptors (Lipinski definition) is 3. The number of carbonyl (C=O) groups is 1. The maximum Gasteiger partial charge on any atom is 0.229 e. The summed E-state index contributed by atoms with van der Waals surface area (Å²) in [6, 6.07) is 10.0. The van der Waals surface area contributed by atoms with Gasteiger partial charge in [-0.15, -0.1) is 0 Å². The Hall–Kier alpha value is -1.84. The van der Waals surface area contributed by atoms with Gasteiger partial charge in [-0.25, -0.2) is 4.98 Å². The van der Waals surface area contributed by atoms with Gasteiger partial charge < -0.3 is 4.42 Å². The van der Waals surface area contributed by atoms with Crippen LogP contribution in [0, 0.1) is 0 Å². The van der Waals surface area contributed by atoms with Gasteiger partial charge in [0.2, 0.25) is 5.78 Å². The van der Waals surface area contributed by atoms with E-state index in [9.17, 15) is 4.79 Å². The molecule has 3 aromatic rings. The molecule has 0 amide bonds. The van der Waals surface area contributed by atoms with Gasteiger partial charge in [-0.2, -0.15) is 0 Å². The van der Waals surface area contributed by atoms with E-state index in [4.69, 9.17) is 27.6 Å². The number of aromatic nitrogens is 1. The van der Waals surface area contributed by atoms with Crippen molar-refractivity contribution in [1.82, 2.24) is 4.98 Å². The lowest BCUT2D eigenvalue weighted by molar-refractivity contribution is 0.101. The predicted molar refractivity (Wildman–Crippen MR) is 73.9 cm³/mol. The zero-order valence-electron chi connectivity index (χ0n) is 9.56. The summed E-state index contributed by atoms with van der Waals surface area (Å²) < 4.78 is 5.50. The summed E-state index contributed by atoms with van der Waals surface area (Å²) in [6.45, 7) is 0. The second kappa shape index (κ2) is 4.68. The molecule has 0 saturated carbocycles. The summed E-state index contributed by atoms with van der Waals surface area (Å²) in [5.74, 6) is 0.0119. The number of benzene rings is 1. The van der Waals surface area contributed by atoms with Crippen LogP contribution in [0.5, 0.6) is 0 Å². The first kappa shape index (κ1) is 12.2. The fraction of sp³-hybridized carbons (Fsp3) is 0. The van der Waals surface area contributed by atoms with Gasteiger partial charge in [0.25, 0.3) is 0 Å². The van der Waals surface area contributed by atoms with Crippen molar-refractivity contribution in [1.29, 1.82) is 0 Å². The van der Waals surface area contributed by atoms with Crippen molar-refractivity contribution in [3.05, 3.63) is 64.1 Å². The molecule has 1 aromatic carbocycles. The Morgan fingerprint density at radius 3 is 2.68 bits per heavy atom. The summed E-state index contributed by atoms with van der Waals surface area (Å²) in [4.78, 5) is 16.1. The van der Waals surface area contributed by atoms with E-state index in [2.05, 4.69) is 4.98 Å². The quantitative estimate of drug-likeness (QED) is 0.520. The molecule has 3 nitrogen and oxygen atoms in total. The zero-order valence-corrected chi connectivity index (χ0v) is 11.1. The number of furan rings is 1. The molecule has 2 aromatic heterocycles. The molecule has 0 aliphatic heterocycles. The average molecular weight is 292 g/mol. The minimum Gasteiger partial charge on any atom is -0.453 e. The fourth-order valence-corrected chi connectivity index (χ4v) is 2.07. The zero-order chi connectivity index (χ0) is 13.4. The van der Waals surface area contributed by atoms with Crippen LogP contribution in [0.1, 0.15) is 16.1 Å². The van der Waals surface area contributed by atoms with Crippen LogP contribution in [0.25, 0.3) is 11.0 Å². The molecular weight excluding hydrogens is 285 g/mol. The van der Waals surface area contributed by atoms with E-state index in [1.807, 2.05) is 0 Å². The van der Waals surface area contributed by atoms with Gasteiger partial charge in [0, 0.05) is 22.2 Å². The van der Waals surface area contributed by atoms with Crippen LogP contribution in [0.4, 0.5) is 0 Å². The van der Waals surface area contributed by atoms with Crippen LogP contribution in [-0.2, 0) is 0 Å². The number of nitrogens with zero attached hydrogens (tertiary/aromatic N) is 1. The van der Waals surface area contributed by atoms with Gasteiger partial charge in [0.15, 0.2) is 5.76 Å². The maximum atomic E-state index is 12.2. The lowest BCUT2D eigenvalue weighted by atomic mass is 10.1. The molecule has 0 fully saturated rings. The third-order valence-electron chi connectivity index (χ3n) is 2.69. The molecule has 3 rings (SSSR count). The molecule has 0 unspecified atom stereocenters. The van der Waals surface area contributed by atoms with Crippen molar-refractivity contribution in [3.63, 3.8) is 0 Å². The number of rotatable bonds is 2. The van der Waals surface area contributed by atoms with Crippen molar-refractivity contribution in [3.8, 4) is 0 Å².